The molecule has 5 nitrogen and oxygen atoms in total. The number of carbonyl (C=O) groups is 2. The minimum atomic E-state index is -0.339. The van der Waals surface area contributed by atoms with E-state index in [9.17, 15) is 9.59 Å². The van der Waals surface area contributed by atoms with Crippen molar-refractivity contribution in [2.45, 2.75) is 38.8 Å². The molecule has 2 heterocycles. The van der Waals surface area contributed by atoms with Crippen molar-refractivity contribution in [2.24, 2.45) is 0 Å². The molecule has 1 saturated heterocycles. The quantitative estimate of drug-likeness (QED) is 0.793. The van der Waals surface area contributed by atoms with E-state index in [4.69, 9.17) is 4.74 Å². The Bertz CT molecular complexity index is 566. The lowest BCUT2D eigenvalue weighted by atomic mass is 10.1. The number of benzene rings is 1. The number of para-hydroxylation sites is 2. The van der Waals surface area contributed by atoms with Crippen molar-refractivity contribution in [2.75, 3.05) is 23.0 Å². The Morgan fingerprint density at radius 3 is 2.57 bits per heavy atom. The summed E-state index contributed by atoms with van der Waals surface area (Å²) in [4.78, 5) is 28.1. The second-order valence-electron chi connectivity index (χ2n) is 5.68. The molecule has 1 fully saturated rings. The van der Waals surface area contributed by atoms with Gasteiger partial charge in [-0.3, -0.25) is 9.59 Å². The van der Waals surface area contributed by atoms with Gasteiger partial charge in [-0.1, -0.05) is 12.1 Å². The standard InChI is InChI=1S/C16H20N2O3/c1-11-10-17(16(20)15-8-5-9-21-15)13-6-3-4-7-14(13)18(11)12(2)19/h3-4,6-7,11,15H,5,8-10H2,1-2H3/t11-,15?/m0/s1. The van der Waals surface area contributed by atoms with Crippen LogP contribution < -0.4 is 9.80 Å². The number of hydrogen-bond donors (Lipinski definition) is 0. The molecule has 2 amide bonds. The molecule has 21 heavy (non-hydrogen) atoms. The number of nitrogens with zero attached hydrogens (tertiary/aromatic N) is 2. The van der Waals surface area contributed by atoms with Crippen LogP contribution in [-0.4, -0.2) is 37.1 Å². The highest BCUT2D eigenvalue weighted by Crippen LogP contribution is 2.36. The summed E-state index contributed by atoms with van der Waals surface area (Å²) in [5, 5.41) is 0. The van der Waals surface area contributed by atoms with Gasteiger partial charge >= 0.3 is 0 Å². The molecular weight excluding hydrogens is 268 g/mol. The third-order valence-electron chi connectivity index (χ3n) is 4.13. The number of amides is 2. The molecule has 0 radical (unpaired) electrons. The molecule has 0 aliphatic carbocycles. The monoisotopic (exact) mass is 288 g/mol. The summed E-state index contributed by atoms with van der Waals surface area (Å²) in [6.07, 6.45) is 1.37. The van der Waals surface area contributed by atoms with E-state index in [0.717, 1.165) is 24.2 Å². The fourth-order valence-corrected chi connectivity index (χ4v) is 3.21. The third-order valence-corrected chi connectivity index (χ3v) is 4.13. The zero-order valence-corrected chi connectivity index (χ0v) is 12.4. The van der Waals surface area contributed by atoms with E-state index < -0.39 is 0 Å². The fraction of sp³-hybridized carbons (Fsp3) is 0.500. The van der Waals surface area contributed by atoms with Crippen LogP contribution in [0.3, 0.4) is 0 Å². The number of anilines is 2. The van der Waals surface area contributed by atoms with Gasteiger partial charge < -0.3 is 14.5 Å². The van der Waals surface area contributed by atoms with Crippen LogP contribution in [0.25, 0.3) is 0 Å². The molecule has 2 aliphatic heterocycles. The second-order valence-corrected chi connectivity index (χ2v) is 5.68. The molecule has 112 valence electrons. The molecule has 0 N–H and O–H groups in total. The molecule has 1 aromatic carbocycles. The Morgan fingerprint density at radius 1 is 1.24 bits per heavy atom. The van der Waals surface area contributed by atoms with Gasteiger partial charge in [-0.25, -0.2) is 0 Å². The first kappa shape index (κ1) is 14.1. The highest BCUT2D eigenvalue weighted by atomic mass is 16.5. The summed E-state index contributed by atoms with van der Waals surface area (Å²) in [5.74, 6) is 0.00849. The zero-order chi connectivity index (χ0) is 15.0. The lowest BCUT2D eigenvalue weighted by Gasteiger charge is -2.41. The van der Waals surface area contributed by atoms with Gasteiger partial charge in [-0.15, -0.1) is 0 Å². The van der Waals surface area contributed by atoms with Gasteiger partial charge in [0.15, 0.2) is 0 Å². The SMILES string of the molecule is CC(=O)N1c2ccccc2N(C(=O)C2CCCO2)C[C@@H]1C. The van der Waals surface area contributed by atoms with Gasteiger partial charge in [0.2, 0.25) is 5.91 Å². The number of carbonyl (C=O) groups excluding carboxylic acids is 2. The second kappa shape index (κ2) is 5.48. The van der Waals surface area contributed by atoms with Crippen molar-refractivity contribution in [3.8, 4) is 0 Å². The van der Waals surface area contributed by atoms with Crippen LogP contribution >= 0.6 is 0 Å². The third kappa shape index (κ3) is 2.42. The summed E-state index contributed by atoms with van der Waals surface area (Å²) in [6, 6.07) is 7.53. The first-order chi connectivity index (χ1) is 10.1. The van der Waals surface area contributed by atoms with E-state index in [1.807, 2.05) is 31.2 Å². The van der Waals surface area contributed by atoms with Crippen molar-refractivity contribution in [3.05, 3.63) is 24.3 Å². The molecule has 3 rings (SSSR count). The van der Waals surface area contributed by atoms with Crippen LogP contribution in [0, 0.1) is 0 Å². The molecule has 0 aromatic heterocycles. The Kier molecular flexibility index (Phi) is 3.68. The Balaban J connectivity index is 1.97. The van der Waals surface area contributed by atoms with E-state index >= 15 is 0 Å². The van der Waals surface area contributed by atoms with Gasteiger partial charge in [-0.2, -0.15) is 0 Å². The molecule has 1 unspecified atom stereocenters. The summed E-state index contributed by atoms with van der Waals surface area (Å²) in [6.45, 7) is 4.69. The lowest BCUT2D eigenvalue weighted by Crippen LogP contribution is -2.53. The van der Waals surface area contributed by atoms with Gasteiger partial charge in [0.25, 0.3) is 5.91 Å². The van der Waals surface area contributed by atoms with Crippen molar-refractivity contribution in [3.63, 3.8) is 0 Å². The van der Waals surface area contributed by atoms with E-state index in [1.54, 1.807) is 16.7 Å². The van der Waals surface area contributed by atoms with Crippen LogP contribution in [-0.2, 0) is 14.3 Å². The number of hydrogen-bond acceptors (Lipinski definition) is 3. The van der Waals surface area contributed by atoms with Crippen LogP contribution in [0.2, 0.25) is 0 Å². The average molecular weight is 288 g/mol. The van der Waals surface area contributed by atoms with Crippen molar-refractivity contribution >= 4 is 23.2 Å². The van der Waals surface area contributed by atoms with E-state index in [-0.39, 0.29) is 24.0 Å². The highest BCUT2D eigenvalue weighted by molar-refractivity contribution is 6.05. The minimum absolute atomic E-state index is 0.000773. The van der Waals surface area contributed by atoms with E-state index in [0.29, 0.717) is 13.2 Å². The van der Waals surface area contributed by atoms with Gasteiger partial charge in [0, 0.05) is 20.1 Å². The molecule has 5 heteroatoms. The van der Waals surface area contributed by atoms with Crippen LogP contribution in [0.4, 0.5) is 11.4 Å². The molecule has 0 spiro atoms. The van der Waals surface area contributed by atoms with Gasteiger partial charge in [-0.05, 0) is 31.9 Å². The van der Waals surface area contributed by atoms with Crippen LogP contribution in [0.5, 0.6) is 0 Å². The predicted molar refractivity (Wildman–Crippen MR) is 80.4 cm³/mol. The maximum absolute atomic E-state index is 12.7. The lowest BCUT2D eigenvalue weighted by molar-refractivity contribution is -0.127. The van der Waals surface area contributed by atoms with Gasteiger partial charge in [0.05, 0.1) is 17.4 Å². The summed E-state index contributed by atoms with van der Waals surface area (Å²) in [5.41, 5.74) is 1.60. The topological polar surface area (TPSA) is 49.9 Å². The summed E-state index contributed by atoms with van der Waals surface area (Å²) < 4.78 is 5.52. The average Bonchev–Trinajstić information content (AvgIpc) is 2.99. The van der Waals surface area contributed by atoms with Gasteiger partial charge in [0.1, 0.15) is 6.10 Å². The number of ether oxygens (including phenoxy) is 1. The summed E-state index contributed by atoms with van der Waals surface area (Å²) >= 11 is 0. The van der Waals surface area contributed by atoms with E-state index in [1.165, 1.54) is 0 Å². The fourth-order valence-electron chi connectivity index (χ4n) is 3.21. The van der Waals surface area contributed by atoms with Crippen molar-refractivity contribution in [1.29, 1.82) is 0 Å². The zero-order valence-electron chi connectivity index (χ0n) is 12.4. The molecule has 0 saturated carbocycles. The molecular formula is C16H20N2O3. The van der Waals surface area contributed by atoms with E-state index in [2.05, 4.69) is 0 Å². The van der Waals surface area contributed by atoms with Crippen LogP contribution in [0.15, 0.2) is 24.3 Å². The predicted octanol–water partition coefficient (Wildman–Crippen LogP) is 1.95. The number of fused-ring (bicyclic) bond motifs is 1. The maximum atomic E-state index is 12.7. The van der Waals surface area contributed by atoms with Crippen molar-refractivity contribution < 1.29 is 14.3 Å². The first-order valence-electron chi connectivity index (χ1n) is 7.41. The largest absolute Gasteiger partial charge is 0.368 e. The minimum Gasteiger partial charge on any atom is -0.368 e. The van der Waals surface area contributed by atoms with Crippen molar-refractivity contribution in [1.82, 2.24) is 0 Å². The summed E-state index contributed by atoms with van der Waals surface area (Å²) in [7, 11) is 0. The highest BCUT2D eigenvalue weighted by Gasteiger charge is 2.36. The molecule has 0 bridgehead atoms. The number of rotatable bonds is 1. The maximum Gasteiger partial charge on any atom is 0.256 e. The molecule has 2 aliphatic rings. The molecule has 1 aromatic rings. The van der Waals surface area contributed by atoms with Crippen LogP contribution in [0.1, 0.15) is 26.7 Å². The molecule has 2 atom stereocenters. The smallest absolute Gasteiger partial charge is 0.256 e. The first-order valence-corrected chi connectivity index (χ1v) is 7.41. The Labute approximate surface area is 124 Å². The Hall–Kier alpha value is -1.88. The Morgan fingerprint density at radius 2 is 1.95 bits per heavy atom. The normalized spacial score (nSPS) is 24.9.